The first-order valence-corrected chi connectivity index (χ1v) is 11.3. The van der Waals surface area contributed by atoms with Gasteiger partial charge in [-0.3, -0.25) is 0 Å². The number of rotatable bonds is 10. The van der Waals surface area contributed by atoms with Crippen LogP contribution in [-0.4, -0.2) is 11.2 Å². The Bertz CT molecular complexity index is 690. The third kappa shape index (κ3) is 6.17. The molecule has 1 aromatic carbocycles. The normalized spacial score (nSPS) is 29.1. The quantitative estimate of drug-likeness (QED) is 0.374. The standard InChI is InChI=1S/C27H40O2/c1-7-12-16-23(8-2)19-22(6)20-27(11-5)21-26(9-3,10-4)28-25(29-27)24-17-14-13-15-18-24/h9,12-18,20,23,25H,3,7-8,10-11,19,21H2,1-2,4-6H3/b16-12+,22-20+/t23-,25+,26-,27-/m0/s1. The van der Waals surface area contributed by atoms with Crippen molar-refractivity contribution in [2.75, 3.05) is 0 Å². The predicted molar refractivity (Wildman–Crippen MR) is 124 cm³/mol. The predicted octanol–water partition coefficient (Wildman–Crippen LogP) is 7.93. The monoisotopic (exact) mass is 396 g/mol. The van der Waals surface area contributed by atoms with Crippen LogP contribution < -0.4 is 0 Å². The van der Waals surface area contributed by atoms with Gasteiger partial charge >= 0.3 is 0 Å². The van der Waals surface area contributed by atoms with Crippen molar-refractivity contribution in [1.29, 1.82) is 0 Å². The van der Waals surface area contributed by atoms with Gasteiger partial charge in [-0.15, -0.1) is 6.58 Å². The van der Waals surface area contributed by atoms with E-state index in [0.717, 1.165) is 44.1 Å². The Hall–Kier alpha value is -1.64. The highest BCUT2D eigenvalue weighted by Crippen LogP contribution is 2.46. The van der Waals surface area contributed by atoms with Crippen LogP contribution in [0.25, 0.3) is 0 Å². The van der Waals surface area contributed by atoms with Crippen molar-refractivity contribution in [1.82, 2.24) is 0 Å². The molecule has 2 rings (SSSR count). The summed E-state index contributed by atoms with van der Waals surface area (Å²) in [6.45, 7) is 15.2. The number of ether oxygens (including phenoxy) is 2. The molecule has 2 heteroatoms. The van der Waals surface area contributed by atoms with E-state index < -0.39 is 0 Å². The molecule has 0 aromatic heterocycles. The molecule has 1 heterocycles. The Labute approximate surface area is 178 Å². The lowest BCUT2D eigenvalue weighted by molar-refractivity contribution is -0.298. The highest BCUT2D eigenvalue weighted by Gasteiger charge is 2.46. The van der Waals surface area contributed by atoms with Crippen LogP contribution in [0.2, 0.25) is 0 Å². The topological polar surface area (TPSA) is 18.5 Å². The third-order valence-corrected chi connectivity index (χ3v) is 6.18. The van der Waals surface area contributed by atoms with Crippen LogP contribution in [0.5, 0.6) is 0 Å². The molecule has 160 valence electrons. The minimum atomic E-state index is -0.381. The maximum absolute atomic E-state index is 6.67. The van der Waals surface area contributed by atoms with E-state index in [1.165, 1.54) is 5.57 Å². The molecule has 0 N–H and O–H groups in total. The number of allylic oxidation sites excluding steroid dienone is 3. The summed E-state index contributed by atoms with van der Waals surface area (Å²) in [5.41, 5.74) is 1.73. The molecule has 1 aliphatic rings. The highest BCUT2D eigenvalue weighted by molar-refractivity contribution is 5.22. The lowest BCUT2D eigenvalue weighted by Gasteiger charge is -2.48. The van der Waals surface area contributed by atoms with E-state index in [2.05, 4.69) is 71.6 Å². The molecule has 0 amide bonds. The van der Waals surface area contributed by atoms with Gasteiger partial charge in [-0.05, 0) is 44.9 Å². The van der Waals surface area contributed by atoms with Crippen molar-refractivity contribution in [3.05, 3.63) is 72.4 Å². The van der Waals surface area contributed by atoms with Crippen LogP contribution in [0.15, 0.2) is 66.8 Å². The molecule has 0 spiro atoms. The van der Waals surface area contributed by atoms with Gasteiger partial charge in [0.1, 0.15) is 0 Å². The summed E-state index contributed by atoms with van der Waals surface area (Å²) in [5, 5.41) is 0. The molecule has 0 saturated carbocycles. The van der Waals surface area contributed by atoms with Crippen molar-refractivity contribution < 1.29 is 9.47 Å². The summed E-state index contributed by atoms with van der Waals surface area (Å²) in [7, 11) is 0. The second-order valence-electron chi connectivity index (χ2n) is 8.40. The molecular formula is C27H40O2. The van der Waals surface area contributed by atoms with Crippen molar-refractivity contribution in [3.8, 4) is 0 Å². The second kappa shape index (κ2) is 10.9. The molecular weight excluding hydrogens is 356 g/mol. The van der Waals surface area contributed by atoms with Gasteiger partial charge in [0.2, 0.25) is 0 Å². The molecule has 4 atom stereocenters. The van der Waals surface area contributed by atoms with Crippen LogP contribution in [-0.2, 0) is 9.47 Å². The highest BCUT2D eigenvalue weighted by atomic mass is 16.7. The van der Waals surface area contributed by atoms with E-state index in [4.69, 9.17) is 9.47 Å². The van der Waals surface area contributed by atoms with Gasteiger partial charge in [-0.1, -0.05) is 87.9 Å². The van der Waals surface area contributed by atoms with Gasteiger partial charge < -0.3 is 9.47 Å². The van der Waals surface area contributed by atoms with Gasteiger partial charge in [-0.25, -0.2) is 0 Å². The lowest BCUT2D eigenvalue weighted by Crippen LogP contribution is -2.49. The first-order valence-electron chi connectivity index (χ1n) is 11.3. The fourth-order valence-electron chi connectivity index (χ4n) is 4.25. The van der Waals surface area contributed by atoms with E-state index >= 15 is 0 Å². The third-order valence-electron chi connectivity index (χ3n) is 6.18. The molecule has 1 fully saturated rings. The van der Waals surface area contributed by atoms with Crippen molar-refractivity contribution >= 4 is 0 Å². The molecule has 0 aliphatic carbocycles. The molecule has 0 unspecified atom stereocenters. The van der Waals surface area contributed by atoms with Crippen LogP contribution >= 0.6 is 0 Å². The molecule has 1 saturated heterocycles. The number of hydrogen-bond donors (Lipinski definition) is 0. The molecule has 2 nitrogen and oxygen atoms in total. The zero-order valence-corrected chi connectivity index (χ0v) is 19.1. The summed E-state index contributed by atoms with van der Waals surface area (Å²) in [4.78, 5) is 0. The summed E-state index contributed by atoms with van der Waals surface area (Å²) in [5.74, 6) is 0.584. The fraction of sp³-hybridized carbons (Fsp3) is 0.556. The van der Waals surface area contributed by atoms with Gasteiger partial charge in [0.15, 0.2) is 6.29 Å². The van der Waals surface area contributed by atoms with Gasteiger partial charge in [0.25, 0.3) is 0 Å². The summed E-state index contributed by atoms with van der Waals surface area (Å²) >= 11 is 0. The lowest BCUT2D eigenvalue weighted by atomic mass is 9.80. The van der Waals surface area contributed by atoms with Crippen LogP contribution in [0.4, 0.5) is 0 Å². The van der Waals surface area contributed by atoms with Crippen molar-refractivity contribution in [2.24, 2.45) is 5.92 Å². The Morgan fingerprint density at radius 2 is 1.76 bits per heavy atom. The van der Waals surface area contributed by atoms with E-state index in [1.807, 2.05) is 24.3 Å². The van der Waals surface area contributed by atoms with Gasteiger partial charge in [-0.2, -0.15) is 0 Å². The molecule has 0 bridgehead atoms. The number of hydrogen-bond acceptors (Lipinski definition) is 2. The first-order chi connectivity index (χ1) is 13.9. The minimum absolute atomic E-state index is 0.347. The second-order valence-corrected chi connectivity index (χ2v) is 8.40. The molecule has 1 aliphatic heterocycles. The van der Waals surface area contributed by atoms with E-state index in [9.17, 15) is 0 Å². The SMILES string of the molecule is C=C[C@]1(CC)C[C@@](/C=C(\C)C[C@H](/C=C/CC)CC)(CC)O[C@H](c2ccccc2)O1. The minimum Gasteiger partial charge on any atom is -0.338 e. The Kier molecular flexibility index (Phi) is 8.92. The first kappa shape index (κ1) is 23.6. The summed E-state index contributed by atoms with van der Waals surface area (Å²) in [6, 6.07) is 10.3. The maximum atomic E-state index is 6.67. The fourth-order valence-corrected chi connectivity index (χ4v) is 4.25. The molecule has 0 radical (unpaired) electrons. The maximum Gasteiger partial charge on any atom is 0.185 e. The van der Waals surface area contributed by atoms with Gasteiger partial charge in [0, 0.05) is 12.0 Å². The van der Waals surface area contributed by atoms with E-state index in [0.29, 0.717) is 5.92 Å². The van der Waals surface area contributed by atoms with Gasteiger partial charge in [0.05, 0.1) is 11.2 Å². The summed E-state index contributed by atoms with van der Waals surface area (Å²) in [6.07, 6.45) is 14.6. The van der Waals surface area contributed by atoms with Crippen molar-refractivity contribution in [2.45, 2.75) is 90.6 Å². The van der Waals surface area contributed by atoms with Crippen LogP contribution in [0, 0.1) is 5.92 Å². The molecule has 29 heavy (non-hydrogen) atoms. The largest absolute Gasteiger partial charge is 0.338 e. The van der Waals surface area contributed by atoms with Crippen LogP contribution in [0.1, 0.15) is 85.0 Å². The molecule has 1 aromatic rings. The zero-order chi connectivity index (χ0) is 21.3. The zero-order valence-electron chi connectivity index (χ0n) is 19.1. The Morgan fingerprint density at radius 1 is 1.10 bits per heavy atom. The number of benzene rings is 1. The Balaban J connectivity index is 2.36. The van der Waals surface area contributed by atoms with E-state index in [-0.39, 0.29) is 17.5 Å². The summed E-state index contributed by atoms with van der Waals surface area (Å²) < 4.78 is 13.1. The average Bonchev–Trinajstić information content (AvgIpc) is 2.76. The van der Waals surface area contributed by atoms with Crippen LogP contribution in [0.3, 0.4) is 0 Å². The Morgan fingerprint density at radius 3 is 2.31 bits per heavy atom. The average molecular weight is 397 g/mol. The van der Waals surface area contributed by atoms with Crippen molar-refractivity contribution in [3.63, 3.8) is 0 Å². The smallest absolute Gasteiger partial charge is 0.185 e. The van der Waals surface area contributed by atoms with E-state index in [1.54, 1.807) is 0 Å².